The Morgan fingerprint density at radius 3 is 2.55 bits per heavy atom. The quantitative estimate of drug-likeness (QED) is 0.572. The van der Waals surface area contributed by atoms with E-state index in [1.807, 2.05) is 6.07 Å². The summed E-state index contributed by atoms with van der Waals surface area (Å²) in [6.07, 6.45) is 0. The van der Waals surface area contributed by atoms with Crippen LogP contribution in [0, 0.1) is 13.8 Å². The van der Waals surface area contributed by atoms with Gasteiger partial charge in [0.1, 0.15) is 18.2 Å². The van der Waals surface area contributed by atoms with Crippen LogP contribution in [0.1, 0.15) is 17.0 Å². The highest BCUT2D eigenvalue weighted by molar-refractivity contribution is 5.62. The molecule has 0 aliphatic rings. The molecule has 0 radical (unpaired) electrons. The van der Waals surface area contributed by atoms with Crippen molar-refractivity contribution in [2.75, 3.05) is 17.9 Å². The number of rotatable bonds is 5. The van der Waals surface area contributed by atoms with Gasteiger partial charge in [0.2, 0.25) is 0 Å². The lowest BCUT2D eigenvalue weighted by molar-refractivity contribution is 0.178. The number of nitrogen functional groups attached to an aromatic ring is 1. The number of aryl methyl sites for hydroxylation is 2. The summed E-state index contributed by atoms with van der Waals surface area (Å²) in [7, 11) is 1.60. The number of aromatic nitrogens is 2. The molecule has 1 aromatic carbocycles. The van der Waals surface area contributed by atoms with E-state index < -0.39 is 0 Å². The molecule has 0 bridgehead atoms. The van der Waals surface area contributed by atoms with E-state index in [1.54, 1.807) is 13.2 Å². The number of anilines is 3. The SMILES string of the molecule is COCc1nc(NN)cc(Nc2ccc(C)cc2C)n1. The molecule has 0 amide bonds. The summed E-state index contributed by atoms with van der Waals surface area (Å²) < 4.78 is 5.05. The Morgan fingerprint density at radius 2 is 1.90 bits per heavy atom. The van der Waals surface area contributed by atoms with Crippen LogP contribution < -0.4 is 16.6 Å². The summed E-state index contributed by atoms with van der Waals surface area (Å²) >= 11 is 0. The smallest absolute Gasteiger partial charge is 0.158 e. The largest absolute Gasteiger partial charge is 0.377 e. The number of ether oxygens (including phenoxy) is 1. The second-order valence-corrected chi connectivity index (χ2v) is 4.58. The van der Waals surface area contributed by atoms with Crippen LogP contribution in [0.4, 0.5) is 17.3 Å². The summed E-state index contributed by atoms with van der Waals surface area (Å²) in [6.45, 7) is 4.44. The number of nitrogens with two attached hydrogens (primary N) is 1. The third-order valence-corrected chi connectivity index (χ3v) is 2.84. The van der Waals surface area contributed by atoms with E-state index in [9.17, 15) is 0 Å². The summed E-state index contributed by atoms with van der Waals surface area (Å²) in [5.74, 6) is 7.20. The fourth-order valence-corrected chi connectivity index (χ4v) is 1.92. The fourth-order valence-electron chi connectivity index (χ4n) is 1.92. The Bertz CT molecular complexity index is 600. The van der Waals surface area contributed by atoms with Crippen LogP contribution in [-0.2, 0) is 11.3 Å². The Morgan fingerprint density at radius 1 is 1.15 bits per heavy atom. The number of nitrogens with one attached hydrogen (secondary N) is 2. The highest BCUT2D eigenvalue weighted by Crippen LogP contribution is 2.21. The van der Waals surface area contributed by atoms with Crippen LogP contribution in [-0.4, -0.2) is 17.1 Å². The van der Waals surface area contributed by atoms with Crippen LogP contribution in [0.15, 0.2) is 24.3 Å². The molecule has 0 fully saturated rings. The van der Waals surface area contributed by atoms with Crippen molar-refractivity contribution in [2.45, 2.75) is 20.5 Å². The maximum Gasteiger partial charge on any atom is 0.158 e. The zero-order valence-corrected chi connectivity index (χ0v) is 11.9. The normalized spacial score (nSPS) is 10.4. The molecule has 0 saturated heterocycles. The van der Waals surface area contributed by atoms with Crippen molar-refractivity contribution in [3.05, 3.63) is 41.2 Å². The second kappa shape index (κ2) is 6.31. The molecule has 0 aliphatic carbocycles. The van der Waals surface area contributed by atoms with Gasteiger partial charge in [0.15, 0.2) is 5.82 Å². The fraction of sp³-hybridized carbons (Fsp3) is 0.286. The topological polar surface area (TPSA) is 85.1 Å². The van der Waals surface area contributed by atoms with Gasteiger partial charge in [0.25, 0.3) is 0 Å². The minimum atomic E-state index is 0.330. The van der Waals surface area contributed by atoms with Gasteiger partial charge in [-0.05, 0) is 25.5 Å². The average Bonchev–Trinajstić information content (AvgIpc) is 2.42. The second-order valence-electron chi connectivity index (χ2n) is 4.58. The van der Waals surface area contributed by atoms with E-state index in [-0.39, 0.29) is 0 Å². The average molecular weight is 273 g/mol. The first-order valence-corrected chi connectivity index (χ1v) is 6.30. The highest BCUT2D eigenvalue weighted by Gasteiger charge is 2.06. The Balaban J connectivity index is 2.29. The van der Waals surface area contributed by atoms with Crippen molar-refractivity contribution in [2.24, 2.45) is 5.84 Å². The molecule has 2 aromatic rings. The van der Waals surface area contributed by atoms with Crippen molar-refractivity contribution in [3.8, 4) is 0 Å². The molecule has 4 N–H and O–H groups in total. The molecule has 6 nitrogen and oxygen atoms in total. The van der Waals surface area contributed by atoms with E-state index in [2.05, 4.69) is 46.7 Å². The van der Waals surface area contributed by atoms with Crippen molar-refractivity contribution in [1.29, 1.82) is 0 Å². The molecule has 0 spiro atoms. The van der Waals surface area contributed by atoms with E-state index in [0.29, 0.717) is 24.1 Å². The van der Waals surface area contributed by atoms with Gasteiger partial charge in [-0.1, -0.05) is 17.7 Å². The van der Waals surface area contributed by atoms with Gasteiger partial charge in [-0.15, -0.1) is 0 Å². The lowest BCUT2D eigenvalue weighted by atomic mass is 10.1. The van der Waals surface area contributed by atoms with Crippen LogP contribution in [0.25, 0.3) is 0 Å². The molecular formula is C14H19N5O. The number of hydrogen-bond donors (Lipinski definition) is 3. The monoisotopic (exact) mass is 273 g/mol. The third-order valence-electron chi connectivity index (χ3n) is 2.84. The minimum Gasteiger partial charge on any atom is -0.377 e. The van der Waals surface area contributed by atoms with E-state index in [1.165, 1.54) is 5.56 Å². The summed E-state index contributed by atoms with van der Waals surface area (Å²) in [5.41, 5.74) is 5.90. The number of hydrazine groups is 1. The molecule has 20 heavy (non-hydrogen) atoms. The maximum atomic E-state index is 5.42. The lowest BCUT2D eigenvalue weighted by Gasteiger charge is -2.12. The van der Waals surface area contributed by atoms with Crippen molar-refractivity contribution in [3.63, 3.8) is 0 Å². The van der Waals surface area contributed by atoms with Crippen molar-refractivity contribution in [1.82, 2.24) is 9.97 Å². The van der Waals surface area contributed by atoms with Gasteiger partial charge < -0.3 is 15.5 Å². The third kappa shape index (κ3) is 3.43. The van der Waals surface area contributed by atoms with Crippen molar-refractivity contribution >= 4 is 17.3 Å². The van der Waals surface area contributed by atoms with Crippen LogP contribution in [0.2, 0.25) is 0 Å². The Labute approximate surface area is 118 Å². The van der Waals surface area contributed by atoms with E-state index in [4.69, 9.17) is 10.6 Å². The number of nitrogens with zero attached hydrogens (tertiary/aromatic N) is 2. The molecule has 0 unspecified atom stereocenters. The van der Waals surface area contributed by atoms with Crippen LogP contribution in [0.5, 0.6) is 0 Å². The molecule has 1 aromatic heterocycles. The van der Waals surface area contributed by atoms with Gasteiger partial charge in [-0.3, -0.25) is 0 Å². The maximum absolute atomic E-state index is 5.42. The van der Waals surface area contributed by atoms with Crippen molar-refractivity contribution < 1.29 is 4.74 Å². The molecule has 1 heterocycles. The number of benzene rings is 1. The van der Waals surface area contributed by atoms with Gasteiger partial charge >= 0.3 is 0 Å². The molecule has 0 atom stereocenters. The van der Waals surface area contributed by atoms with E-state index in [0.717, 1.165) is 11.3 Å². The van der Waals surface area contributed by atoms with Gasteiger partial charge in [-0.2, -0.15) is 0 Å². The van der Waals surface area contributed by atoms with Crippen LogP contribution in [0.3, 0.4) is 0 Å². The predicted octanol–water partition coefficient (Wildman–Crippen LogP) is 2.27. The zero-order valence-electron chi connectivity index (χ0n) is 11.9. The lowest BCUT2D eigenvalue weighted by Crippen LogP contribution is -2.12. The molecular weight excluding hydrogens is 254 g/mol. The summed E-state index contributed by atoms with van der Waals surface area (Å²) in [5, 5.41) is 3.27. The van der Waals surface area contributed by atoms with E-state index >= 15 is 0 Å². The highest BCUT2D eigenvalue weighted by atomic mass is 16.5. The number of hydrogen-bond acceptors (Lipinski definition) is 6. The Hall–Kier alpha value is -2.18. The van der Waals surface area contributed by atoms with Crippen LogP contribution >= 0.6 is 0 Å². The van der Waals surface area contributed by atoms with Gasteiger partial charge in [0, 0.05) is 18.9 Å². The van der Waals surface area contributed by atoms with Gasteiger partial charge in [-0.25, -0.2) is 15.8 Å². The summed E-state index contributed by atoms with van der Waals surface area (Å²) in [6, 6.07) is 7.94. The molecule has 106 valence electrons. The predicted molar refractivity (Wildman–Crippen MR) is 79.8 cm³/mol. The Kier molecular flexibility index (Phi) is 4.49. The standard InChI is InChI=1S/C14H19N5O/c1-9-4-5-11(10(2)6-9)16-12-7-13(19-15)18-14(17-12)8-20-3/h4-7H,8,15H2,1-3H3,(H2,16,17,18,19). The molecule has 2 rings (SSSR count). The molecule has 6 heteroatoms. The minimum absolute atomic E-state index is 0.330. The first-order chi connectivity index (χ1) is 9.62. The summed E-state index contributed by atoms with van der Waals surface area (Å²) in [4.78, 5) is 8.59. The first kappa shape index (κ1) is 14.2. The zero-order chi connectivity index (χ0) is 14.5. The first-order valence-electron chi connectivity index (χ1n) is 6.30. The molecule has 0 aliphatic heterocycles. The van der Waals surface area contributed by atoms with Gasteiger partial charge in [0.05, 0.1) is 0 Å². The molecule has 0 saturated carbocycles. The number of methoxy groups -OCH3 is 1.